The number of hydrogen-bond donors (Lipinski definition) is 2. The van der Waals surface area contributed by atoms with Crippen LogP contribution in [-0.4, -0.2) is 49.6 Å². The molecule has 2 fully saturated rings. The van der Waals surface area contributed by atoms with Crippen LogP contribution < -0.4 is 10.6 Å². The third-order valence-corrected chi connectivity index (χ3v) is 5.11. The van der Waals surface area contributed by atoms with E-state index in [1.165, 1.54) is 32.4 Å². The average molecular weight is 281 g/mol. The zero-order valence-corrected chi connectivity index (χ0v) is 13.4. The van der Waals surface area contributed by atoms with Gasteiger partial charge in [-0.1, -0.05) is 20.8 Å². The van der Waals surface area contributed by atoms with Gasteiger partial charge >= 0.3 is 0 Å². The molecule has 1 unspecified atom stereocenters. The molecule has 0 aromatic carbocycles. The molecule has 116 valence electrons. The molecule has 20 heavy (non-hydrogen) atoms. The lowest BCUT2D eigenvalue weighted by molar-refractivity contribution is -0.127. The second kappa shape index (κ2) is 6.90. The van der Waals surface area contributed by atoms with Gasteiger partial charge in [0.1, 0.15) is 0 Å². The molecule has 2 aliphatic heterocycles. The highest BCUT2D eigenvalue weighted by atomic mass is 16.2. The maximum atomic E-state index is 12.4. The summed E-state index contributed by atoms with van der Waals surface area (Å²) in [6.45, 7) is 12.0. The van der Waals surface area contributed by atoms with Crippen molar-refractivity contribution in [1.82, 2.24) is 15.5 Å². The Labute approximate surface area is 123 Å². The number of nitrogens with one attached hydrogen (secondary N) is 2. The normalized spacial score (nSPS) is 28.2. The molecule has 2 saturated heterocycles. The molecule has 0 spiro atoms. The van der Waals surface area contributed by atoms with E-state index in [9.17, 15) is 4.79 Å². The van der Waals surface area contributed by atoms with Crippen LogP contribution in [0, 0.1) is 11.3 Å². The molecule has 4 nitrogen and oxygen atoms in total. The van der Waals surface area contributed by atoms with Gasteiger partial charge in [0.05, 0.1) is 6.04 Å². The maximum Gasteiger partial charge on any atom is 0.237 e. The third kappa shape index (κ3) is 3.95. The Balaban J connectivity index is 1.75. The minimum absolute atomic E-state index is 0.0213. The molecule has 2 rings (SSSR count). The van der Waals surface area contributed by atoms with Crippen LogP contribution in [0.5, 0.6) is 0 Å². The van der Waals surface area contributed by atoms with Gasteiger partial charge in [0.25, 0.3) is 0 Å². The van der Waals surface area contributed by atoms with E-state index in [1.807, 2.05) is 0 Å². The van der Waals surface area contributed by atoms with Crippen molar-refractivity contribution in [3.63, 3.8) is 0 Å². The van der Waals surface area contributed by atoms with Gasteiger partial charge in [-0.25, -0.2) is 0 Å². The summed E-state index contributed by atoms with van der Waals surface area (Å²) in [5, 5.41) is 6.58. The molecule has 0 bridgehead atoms. The van der Waals surface area contributed by atoms with E-state index >= 15 is 0 Å². The quantitative estimate of drug-likeness (QED) is 0.823. The van der Waals surface area contributed by atoms with Gasteiger partial charge in [0.2, 0.25) is 5.91 Å². The fourth-order valence-electron chi connectivity index (χ4n) is 3.51. The van der Waals surface area contributed by atoms with Crippen LogP contribution in [0.25, 0.3) is 0 Å². The SMILES string of the molecule is CCN1CCC(CNC(=O)C2NCCCC2(C)C)CC1. The van der Waals surface area contributed by atoms with Crippen LogP contribution in [-0.2, 0) is 4.79 Å². The van der Waals surface area contributed by atoms with Gasteiger partial charge in [0.15, 0.2) is 0 Å². The van der Waals surface area contributed by atoms with Crippen LogP contribution in [0.1, 0.15) is 46.5 Å². The predicted molar refractivity (Wildman–Crippen MR) is 82.7 cm³/mol. The maximum absolute atomic E-state index is 12.4. The van der Waals surface area contributed by atoms with Crippen molar-refractivity contribution < 1.29 is 4.79 Å². The first-order chi connectivity index (χ1) is 9.53. The molecule has 1 atom stereocenters. The Morgan fingerprint density at radius 1 is 1.35 bits per heavy atom. The average Bonchev–Trinajstić information content (AvgIpc) is 2.45. The Bertz CT molecular complexity index is 322. The van der Waals surface area contributed by atoms with Gasteiger partial charge in [-0.15, -0.1) is 0 Å². The predicted octanol–water partition coefficient (Wildman–Crippen LogP) is 1.61. The number of nitrogens with zero attached hydrogens (tertiary/aromatic N) is 1. The monoisotopic (exact) mass is 281 g/mol. The number of hydrogen-bond acceptors (Lipinski definition) is 3. The lowest BCUT2D eigenvalue weighted by atomic mass is 9.77. The van der Waals surface area contributed by atoms with Crippen LogP contribution in [0.3, 0.4) is 0 Å². The first kappa shape index (κ1) is 15.8. The van der Waals surface area contributed by atoms with Crippen molar-refractivity contribution >= 4 is 5.91 Å². The first-order valence-corrected chi connectivity index (χ1v) is 8.26. The first-order valence-electron chi connectivity index (χ1n) is 8.26. The van der Waals surface area contributed by atoms with Crippen molar-refractivity contribution in [3.8, 4) is 0 Å². The molecule has 0 aromatic rings. The molecule has 4 heteroatoms. The van der Waals surface area contributed by atoms with E-state index in [-0.39, 0.29) is 17.4 Å². The van der Waals surface area contributed by atoms with E-state index in [1.54, 1.807) is 0 Å². The van der Waals surface area contributed by atoms with E-state index in [4.69, 9.17) is 0 Å². The summed E-state index contributed by atoms with van der Waals surface area (Å²) in [7, 11) is 0. The summed E-state index contributed by atoms with van der Waals surface area (Å²) < 4.78 is 0. The number of amides is 1. The fourth-order valence-corrected chi connectivity index (χ4v) is 3.51. The number of piperidine rings is 2. The van der Waals surface area contributed by atoms with Crippen molar-refractivity contribution in [2.45, 2.75) is 52.5 Å². The van der Waals surface area contributed by atoms with Crippen LogP contribution in [0.2, 0.25) is 0 Å². The van der Waals surface area contributed by atoms with Gasteiger partial charge < -0.3 is 15.5 Å². The van der Waals surface area contributed by atoms with Gasteiger partial charge in [0, 0.05) is 6.54 Å². The van der Waals surface area contributed by atoms with Crippen molar-refractivity contribution in [1.29, 1.82) is 0 Å². The summed E-state index contributed by atoms with van der Waals surface area (Å²) in [5.74, 6) is 0.862. The summed E-state index contributed by atoms with van der Waals surface area (Å²) in [6.07, 6.45) is 4.74. The van der Waals surface area contributed by atoms with E-state index in [0.717, 1.165) is 26.1 Å². The Hall–Kier alpha value is -0.610. The molecule has 0 aromatic heterocycles. The Morgan fingerprint density at radius 3 is 2.65 bits per heavy atom. The smallest absolute Gasteiger partial charge is 0.237 e. The summed E-state index contributed by atoms with van der Waals surface area (Å²) in [5.41, 5.74) is 0.0773. The van der Waals surface area contributed by atoms with E-state index in [2.05, 4.69) is 36.3 Å². The Morgan fingerprint density at radius 2 is 2.05 bits per heavy atom. The fraction of sp³-hybridized carbons (Fsp3) is 0.938. The molecule has 0 radical (unpaired) electrons. The lowest BCUT2D eigenvalue weighted by Crippen LogP contribution is -2.56. The third-order valence-electron chi connectivity index (χ3n) is 5.11. The number of rotatable bonds is 4. The van der Waals surface area contributed by atoms with Crippen molar-refractivity contribution in [2.24, 2.45) is 11.3 Å². The van der Waals surface area contributed by atoms with Crippen molar-refractivity contribution in [3.05, 3.63) is 0 Å². The molecular weight excluding hydrogens is 250 g/mol. The summed E-state index contributed by atoms with van der Waals surface area (Å²) in [6, 6.07) is -0.0213. The van der Waals surface area contributed by atoms with E-state index < -0.39 is 0 Å². The number of carbonyl (C=O) groups is 1. The lowest BCUT2D eigenvalue weighted by Gasteiger charge is -2.38. The van der Waals surface area contributed by atoms with Crippen molar-refractivity contribution in [2.75, 3.05) is 32.7 Å². The molecule has 2 aliphatic rings. The molecular formula is C16H31N3O. The Kier molecular flexibility index (Phi) is 5.44. The van der Waals surface area contributed by atoms with Crippen LogP contribution in [0.4, 0.5) is 0 Å². The molecule has 0 saturated carbocycles. The molecule has 2 N–H and O–H groups in total. The summed E-state index contributed by atoms with van der Waals surface area (Å²) in [4.78, 5) is 14.9. The number of likely N-dealkylation sites (tertiary alicyclic amines) is 1. The largest absolute Gasteiger partial charge is 0.354 e. The molecule has 0 aliphatic carbocycles. The highest BCUT2D eigenvalue weighted by molar-refractivity contribution is 5.82. The second-order valence-corrected chi connectivity index (χ2v) is 7.10. The highest BCUT2D eigenvalue weighted by Gasteiger charge is 2.37. The highest BCUT2D eigenvalue weighted by Crippen LogP contribution is 2.30. The molecule has 2 heterocycles. The zero-order chi connectivity index (χ0) is 14.6. The topological polar surface area (TPSA) is 44.4 Å². The zero-order valence-electron chi connectivity index (χ0n) is 13.4. The van der Waals surface area contributed by atoms with Gasteiger partial charge in [-0.3, -0.25) is 4.79 Å². The summed E-state index contributed by atoms with van der Waals surface area (Å²) >= 11 is 0. The van der Waals surface area contributed by atoms with Crippen LogP contribution >= 0.6 is 0 Å². The van der Waals surface area contributed by atoms with Gasteiger partial charge in [-0.05, 0) is 63.2 Å². The molecule has 1 amide bonds. The minimum atomic E-state index is -0.0213. The number of carbonyl (C=O) groups excluding carboxylic acids is 1. The minimum Gasteiger partial charge on any atom is -0.354 e. The van der Waals surface area contributed by atoms with Gasteiger partial charge in [-0.2, -0.15) is 0 Å². The standard InChI is InChI=1S/C16H31N3O/c1-4-19-10-6-13(7-11-19)12-18-15(20)14-16(2,3)8-5-9-17-14/h13-14,17H,4-12H2,1-3H3,(H,18,20). The van der Waals surface area contributed by atoms with Crippen LogP contribution in [0.15, 0.2) is 0 Å². The second-order valence-electron chi connectivity index (χ2n) is 7.10. The van der Waals surface area contributed by atoms with E-state index in [0.29, 0.717) is 5.92 Å².